The highest BCUT2D eigenvalue weighted by Crippen LogP contribution is 2.28. The van der Waals surface area contributed by atoms with Gasteiger partial charge < -0.3 is 14.6 Å². The number of hydrogen-bond donors (Lipinski definition) is 1. The van der Waals surface area contributed by atoms with Crippen LogP contribution in [0.5, 0.6) is 11.5 Å². The van der Waals surface area contributed by atoms with Gasteiger partial charge in [-0.25, -0.2) is 0 Å². The van der Waals surface area contributed by atoms with E-state index in [1.165, 1.54) is 37.9 Å². The van der Waals surface area contributed by atoms with E-state index in [-0.39, 0.29) is 6.61 Å². The Bertz CT molecular complexity index is 907. The van der Waals surface area contributed by atoms with Crippen molar-refractivity contribution in [3.8, 4) is 11.5 Å². The molecular formula is C28H39ClN2O3. The second-order valence-corrected chi connectivity index (χ2v) is 10.5. The number of piperidine rings is 2. The molecule has 2 aliphatic heterocycles. The molecule has 0 aromatic heterocycles. The van der Waals surface area contributed by atoms with Crippen molar-refractivity contribution in [1.29, 1.82) is 0 Å². The van der Waals surface area contributed by atoms with E-state index in [4.69, 9.17) is 21.1 Å². The molecule has 1 N–H and O–H groups in total. The van der Waals surface area contributed by atoms with E-state index < -0.39 is 5.60 Å². The van der Waals surface area contributed by atoms with Crippen LogP contribution in [0.1, 0.15) is 48.8 Å². The molecule has 2 aromatic rings. The van der Waals surface area contributed by atoms with E-state index in [1.54, 1.807) is 0 Å². The fourth-order valence-corrected chi connectivity index (χ4v) is 5.20. The van der Waals surface area contributed by atoms with Gasteiger partial charge in [-0.05, 0) is 100 Å². The zero-order chi connectivity index (χ0) is 24.0. The van der Waals surface area contributed by atoms with Crippen LogP contribution >= 0.6 is 11.6 Å². The molecule has 2 aromatic carbocycles. The first-order chi connectivity index (χ1) is 16.4. The van der Waals surface area contributed by atoms with Crippen LogP contribution in [0, 0.1) is 13.8 Å². The highest BCUT2D eigenvalue weighted by Gasteiger charge is 2.34. The molecule has 2 saturated heterocycles. The largest absolute Gasteiger partial charge is 0.492 e. The molecule has 4 rings (SSSR count). The third kappa shape index (κ3) is 7.11. The van der Waals surface area contributed by atoms with E-state index in [1.807, 2.05) is 26.0 Å². The summed E-state index contributed by atoms with van der Waals surface area (Å²) >= 11 is 6.27. The fraction of sp³-hybridized carbons (Fsp3) is 0.571. The maximum atomic E-state index is 11.2. The normalized spacial score (nSPS) is 22.0. The van der Waals surface area contributed by atoms with Gasteiger partial charge in [-0.3, -0.25) is 9.80 Å². The van der Waals surface area contributed by atoms with Crippen molar-refractivity contribution in [3.63, 3.8) is 0 Å². The Hall–Kier alpha value is -1.79. The van der Waals surface area contributed by atoms with Gasteiger partial charge in [-0.2, -0.15) is 0 Å². The molecule has 0 aliphatic carbocycles. The summed E-state index contributed by atoms with van der Waals surface area (Å²) in [7, 11) is 0. The Kier molecular flexibility index (Phi) is 8.75. The van der Waals surface area contributed by atoms with Crippen LogP contribution in [0.15, 0.2) is 36.4 Å². The van der Waals surface area contributed by atoms with E-state index in [0.717, 1.165) is 66.7 Å². The number of rotatable bonds is 9. The topological polar surface area (TPSA) is 45.2 Å². The van der Waals surface area contributed by atoms with Crippen LogP contribution in [0.2, 0.25) is 5.02 Å². The minimum Gasteiger partial charge on any atom is -0.492 e. The number of benzene rings is 2. The standard InChI is InChI=1S/C28H39ClN2O3/c1-22-17-26(18-23(2)27(22)29)34-21-28(32)11-6-14-31(20-28)19-24-7-9-25(10-8-24)33-16-15-30-12-4-3-5-13-30/h7-10,17-18,32H,3-6,11-16,19-21H2,1-2H3/t28-/m1/s1. The van der Waals surface area contributed by atoms with E-state index in [0.29, 0.717) is 6.54 Å². The predicted molar refractivity (Wildman–Crippen MR) is 138 cm³/mol. The molecule has 2 fully saturated rings. The summed E-state index contributed by atoms with van der Waals surface area (Å²) in [5.41, 5.74) is 2.37. The molecule has 1 atom stereocenters. The minimum absolute atomic E-state index is 0.286. The lowest BCUT2D eigenvalue weighted by molar-refractivity contribution is -0.0621. The molecule has 5 nitrogen and oxygen atoms in total. The molecule has 0 spiro atoms. The highest BCUT2D eigenvalue weighted by atomic mass is 35.5. The van der Waals surface area contributed by atoms with Crippen molar-refractivity contribution in [1.82, 2.24) is 9.80 Å². The van der Waals surface area contributed by atoms with Gasteiger partial charge in [-0.1, -0.05) is 30.2 Å². The number of hydrogen-bond acceptors (Lipinski definition) is 5. The van der Waals surface area contributed by atoms with Gasteiger partial charge in [0.15, 0.2) is 0 Å². The van der Waals surface area contributed by atoms with Crippen LogP contribution in [0.25, 0.3) is 0 Å². The van der Waals surface area contributed by atoms with Crippen molar-refractivity contribution < 1.29 is 14.6 Å². The fourth-order valence-electron chi connectivity index (χ4n) is 5.09. The quantitative estimate of drug-likeness (QED) is 0.526. The third-order valence-electron chi connectivity index (χ3n) is 7.01. The first-order valence-corrected chi connectivity index (χ1v) is 13.1. The summed E-state index contributed by atoms with van der Waals surface area (Å²) in [6.07, 6.45) is 5.69. The van der Waals surface area contributed by atoms with Crippen molar-refractivity contribution in [2.24, 2.45) is 0 Å². The Morgan fingerprint density at radius 1 is 0.882 bits per heavy atom. The van der Waals surface area contributed by atoms with Crippen LogP contribution < -0.4 is 9.47 Å². The molecular weight excluding hydrogens is 448 g/mol. The maximum absolute atomic E-state index is 11.2. The number of halogens is 1. The Balaban J connectivity index is 1.24. The Morgan fingerprint density at radius 2 is 1.56 bits per heavy atom. The maximum Gasteiger partial charge on any atom is 0.120 e. The van der Waals surface area contributed by atoms with Gasteiger partial charge in [-0.15, -0.1) is 0 Å². The van der Waals surface area contributed by atoms with Gasteiger partial charge in [0.05, 0.1) is 0 Å². The Morgan fingerprint density at radius 3 is 2.26 bits per heavy atom. The molecule has 34 heavy (non-hydrogen) atoms. The predicted octanol–water partition coefficient (Wildman–Crippen LogP) is 5.23. The average Bonchev–Trinajstić information content (AvgIpc) is 2.83. The second-order valence-electron chi connectivity index (χ2n) is 10.1. The first-order valence-electron chi connectivity index (χ1n) is 12.7. The highest BCUT2D eigenvalue weighted by molar-refractivity contribution is 6.32. The summed E-state index contributed by atoms with van der Waals surface area (Å²) in [6, 6.07) is 12.3. The molecule has 6 heteroatoms. The minimum atomic E-state index is -0.850. The van der Waals surface area contributed by atoms with Crippen LogP contribution in [0.3, 0.4) is 0 Å². The number of nitrogens with zero attached hydrogens (tertiary/aromatic N) is 2. The molecule has 0 bridgehead atoms. The SMILES string of the molecule is Cc1cc(OC[C@@]2(O)CCCN(Cc3ccc(OCCN4CCCCC4)cc3)C2)cc(C)c1Cl. The summed E-state index contributed by atoms with van der Waals surface area (Å²) in [5.74, 6) is 1.69. The van der Waals surface area contributed by atoms with Crippen LogP contribution in [-0.2, 0) is 6.54 Å². The number of β-amino-alcohol motifs (C(OH)–C–C–N with tert-alkyl or cyclic N) is 1. The summed E-state index contributed by atoms with van der Waals surface area (Å²) in [5, 5.41) is 12.0. The average molecular weight is 487 g/mol. The second kappa shape index (κ2) is 11.8. The number of aryl methyl sites for hydroxylation is 2. The number of aliphatic hydroxyl groups is 1. The van der Waals surface area contributed by atoms with Gasteiger partial charge in [0.2, 0.25) is 0 Å². The molecule has 186 valence electrons. The van der Waals surface area contributed by atoms with E-state index >= 15 is 0 Å². The molecule has 0 unspecified atom stereocenters. The van der Waals surface area contributed by atoms with Crippen molar-refractivity contribution in [2.45, 2.75) is 58.1 Å². The lowest BCUT2D eigenvalue weighted by Crippen LogP contribution is -2.51. The van der Waals surface area contributed by atoms with E-state index in [2.05, 4.69) is 34.1 Å². The van der Waals surface area contributed by atoms with Crippen molar-refractivity contribution >= 4 is 11.6 Å². The van der Waals surface area contributed by atoms with Gasteiger partial charge in [0.1, 0.15) is 30.3 Å². The zero-order valence-electron chi connectivity index (χ0n) is 20.7. The van der Waals surface area contributed by atoms with Gasteiger partial charge >= 0.3 is 0 Å². The summed E-state index contributed by atoms with van der Waals surface area (Å²) < 4.78 is 12.0. The number of likely N-dealkylation sites (tertiary alicyclic amines) is 2. The Labute approximate surface area is 209 Å². The third-order valence-corrected chi connectivity index (χ3v) is 7.60. The number of ether oxygens (including phenoxy) is 2. The van der Waals surface area contributed by atoms with Crippen molar-refractivity contribution in [3.05, 3.63) is 58.1 Å². The van der Waals surface area contributed by atoms with Gasteiger partial charge in [0.25, 0.3) is 0 Å². The zero-order valence-corrected chi connectivity index (χ0v) is 21.4. The first kappa shape index (κ1) is 25.3. The monoisotopic (exact) mass is 486 g/mol. The smallest absolute Gasteiger partial charge is 0.120 e. The van der Waals surface area contributed by atoms with Gasteiger partial charge in [0, 0.05) is 24.7 Å². The molecule has 0 radical (unpaired) electrons. The molecule has 0 amide bonds. The lowest BCUT2D eigenvalue weighted by Gasteiger charge is -2.39. The van der Waals surface area contributed by atoms with Crippen molar-refractivity contribution in [2.75, 3.05) is 45.9 Å². The molecule has 0 saturated carbocycles. The van der Waals surface area contributed by atoms with Crippen LogP contribution in [0.4, 0.5) is 0 Å². The lowest BCUT2D eigenvalue weighted by atomic mass is 9.93. The molecule has 2 aliphatic rings. The van der Waals surface area contributed by atoms with E-state index in [9.17, 15) is 5.11 Å². The summed E-state index contributed by atoms with van der Waals surface area (Å²) in [4.78, 5) is 4.81. The molecule has 2 heterocycles. The van der Waals surface area contributed by atoms with Crippen LogP contribution in [-0.4, -0.2) is 66.4 Å². The summed E-state index contributed by atoms with van der Waals surface area (Å²) in [6.45, 7) is 10.8.